The van der Waals surface area contributed by atoms with E-state index in [9.17, 15) is 19.2 Å². The molecule has 0 fully saturated rings. The number of carbonyl (C=O) groups excluding carboxylic acids is 3. The first-order valence-corrected chi connectivity index (χ1v) is 5.38. The van der Waals surface area contributed by atoms with Crippen LogP contribution in [0.1, 0.15) is 25.7 Å². The molecule has 0 aromatic heterocycles. The summed E-state index contributed by atoms with van der Waals surface area (Å²) in [6.45, 7) is 0. The van der Waals surface area contributed by atoms with Crippen molar-refractivity contribution in [2.24, 2.45) is 11.5 Å². The number of aldehydes is 1. The third-order valence-electron chi connectivity index (χ3n) is 2.20. The molecule has 0 aliphatic heterocycles. The maximum atomic E-state index is 11.5. The molecule has 0 heterocycles. The largest absolute Gasteiger partial charge is 0.481 e. The quantitative estimate of drug-likeness (QED) is 0.356. The Labute approximate surface area is 104 Å². The van der Waals surface area contributed by atoms with E-state index in [-0.39, 0.29) is 25.7 Å². The van der Waals surface area contributed by atoms with Crippen molar-refractivity contribution in [3.05, 3.63) is 0 Å². The van der Waals surface area contributed by atoms with Crippen molar-refractivity contribution in [3.8, 4) is 0 Å². The lowest BCUT2D eigenvalue weighted by atomic mass is 10.1. The van der Waals surface area contributed by atoms with Gasteiger partial charge < -0.3 is 26.7 Å². The van der Waals surface area contributed by atoms with Gasteiger partial charge in [-0.2, -0.15) is 0 Å². The van der Waals surface area contributed by atoms with E-state index in [4.69, 9.17) is 16.6 Å². The molecule has 2 atom stereocenters. The minimum absolute atomic E-state index is 0.0252. The van der Waals surface area contributed by atoms with E-state index in [1.54, 1.807) is 0 Å². The summed E-state index contributed by atoms with van der Waals surface area (Å²) in [5, 5.41) is 10.7. The molecule has 0 aromatic carbocycles. The number of amides is 2. The smallest absolute Gasteiger partial charge is 0.303 e. The van der Waals surface area contributed by atoms with Crippen molar-refractivity contribution in [3.63, 3.8) is 0 Å². The van der Waals surface area contributed by atoms with Crippen molar-refractivity contribution in [2.75, 3.05) is 0 Å². The van der Waals surface area contributed by atoms with Crippen LogP contribution in [-0.4, -0.2) is 41.3 Å². The molecule has 2 amide bonds. The Bertz CT molecular complexity index is 331. The second-order valence-electron chi connectivity index (χ2n) is 3.80. The highest BCUT2D eigenvalue weighted by Gasteiger charge is 2.18. The first-order valence-electron chi connectivity index (χ1n) is 5.38. The monoisotopic (exact) mass is 259 g/mol. The fraction of sp³-hybridized carbons (Fsp3) is 0.600. The van der Waals surface area contributed by atoms with Gasteiger partial charge in [0.1, 0.15) is 6.29 Å². The molecule has 0 bridgehead atoms. The van der Waals surface area contributed by atoms with Gasteiger partial charge in [-0.15, -0.1) is 0 Å². The number of rotatable bonds is 9. The Balaban J connectivity index is 4.12. The Kier molecular flexibility index (Phi) is 7.29. The zero-order valence-electron chi connectivity index (χ0n) is 9.80. The number of nitrogens with one attached hydrogen (secondary N) is 1. The van der Waals surface area contributed by atoms with E-state index in [1.165, 1.54) is 0 Å². The Morgan fingerprint density at radius 1 is 1.22 bits per heavy atom. The maximum Gasteiger partial charge on any atom is 0.303 e. The number of primary amides is 1. The summed E-state index contributed by atoms with van der Waals surface area (Å²) in [4.78, 5) is 42.9. The van der Waals surface area contributed by atoms with Crippen molar-refractivity contribution < 1.29 is 24.3 Å². The fourth-order valence-electron chi connectivity index (χ4n) is 1.17. The van der Waals surface area contributed by atoms with Gasteiger partial charge in [0, 0.05) is 12.8 Å². The van der Waals surface area contributed by atoms with Crippen LogP contribution in [0.25, 0.3) is 0 Å². The number of carboxylic acid groups (broad SMARTS) is 1. The summed E-state index contributed by atoms with van der Waals surface area (Å²) in [6, 6.07) is -1.85. The van der Waals surface area contributed by atoms with Crippen LogP contribution in [0.2, 0.25) is 0 Å². The molecule has 0 saturated heterocycles. The van der Waals surface area contributed by atoms with E-state index in [0.29, 0.717) is 6.29 Å². The number of aliphatic carboxylic acids is 1. The molecule has 0 radical (unpaired) electrons. The Morgan fingerprint density at radius 3 is 2.28 bits per heavy atom. The second-order valence-corrected chi connectivity index (χ2v) is 3.80. The Hall–Kier alpha value is -1.96. The lowest BCUT2D eigenvalue weighted by Crippen LogP contribution is -2.46. The summed E-state index contributed by atoms with van der Waals surface area (Å²) in [5.74, 6) is -2.26. The van der Waals surface area contributed by atoms with Crippen molar-refractivity contribution in [2.45, 2.75) is 37.8 Å². The third kappa shape index (κ3) is 7.34. The molecule has 0 saturated carbocycles. The molecular formula is C10H17N3O5. The average molecular weight is 259 g/mol. The first kappa shape index (κ1) is 16.0. The summed E-state index contributed by atoms with van der Waals surface area (Å²) in [7, 11) is 0. The summed E-state index contributed by atoms with van der Waals surface area (Å²) < 4.78 is 0. The molecule has 0 spiro atoms. The van der Waals surface area contributed by atoms with Gasteiger partial charge in [-0.1, -0.05) is 0 Å². The molecule has 8 heteroatoms. The van der Waals surface area contributed by atoms with Crippen LogP contribution in [0.3, 0.4) is 0 Å². The summed E-state index contributed by atoms with van der Waals surface area (Å²) in [6.07, 6.45) is 0.277. The van der Waals surface area contributed by atoms with Crippen LogP contribution in [0.5, 0.6) is 0 Å². The predicted molar refractivity (Wildman–Crippen MR) is 61.3 cm³/mol. The number of hydrogen-bond donors (Lipinski definition) is 4. The van der Waals surface area contributed by atoms with Crippen LogP contribution in [0.15, 0.2) is 0 Å². The molecule has 18 heavy (non-hydrogen) atoms. The molecule has 102 valence electrons. The van der Waals surface area contributed by atoms with E-state index in [2.05, 4.69) is 5.32 Å². The van der Waals surface area contributed by atoms with Crippen LogP contribution in [0.4, 0.5) is 0 Å². The number of nitrogens with two attached hydrogens (primary N) is 2. The predicted octanol–water partition coefficient (Wildman–Crippen LogP) is -1.87. The van der Waals surface area contributed by atoms with Crippen molar-refractivity contribution in [1.29, 1.82) is 0 Å². The third-order valence-corrected chi connectivity index (χ3v) is 2.20. The minimum Gasteiger partial charge on any atom is -0.481 e. The molecule has 0 aliphatic carbocycles. The van der Waals surface area contributed by atoms with E-state index < -0.39 is 29.9 Å². The van der Waals surface area contributed by atoms with E-state index in [0.717, 1.165) is 0 Å². The summed E-state index contributed by atoms with van der Waals surface area (Å²) in [5.41, 5.74) is 10.4. The number of hydrogen-bond acceptors (Lipinski definition) is 5. The summed E-state index contributed by atoms with van der Waals surface area (Å²) >= 11 is 0. The van der Waals surface area contributed by atoms with Gasteiger partial charge in [0.05, 0.1) is 12.1 Å². The van der Waals surface area contributed by atoms with Crippen molar-refractivity contribution >= 4 is 24.1 Å². The van der Waals surface area contributed by atoms with Crippen LogP contribution >= 0.6 is 0 Å². The SMILES string of the molecule is NC(=O)CC[C@@H](C=O)NC(=O)[C@@H](N)CCC(=O)O. The normalized spacial score (nSPS) is 13.4. The standard InChI is InChI=1S/C10H17N3O5/c11-7(2-4-9(16)17)10(18)13-6(5-14)1-3-8(12)15/h5-7H,1-4,11H2,(H2,12,15)(H,13,18)(H,16,17)/t6-,7-/m0/s1. The zero-order chi connectivity index (χ0) is 14.1. The highest BCUT2D eigenvalue weighted by Crippen LogP contribution is 1.98. The maximum absolute atomic E-state index is 11.5. The van der Waals surface area contributed by atoms with Gasteiger partial charge in [-0.25, -0.2) is 0 Å². The molecule has 0 unspecified atom stereocenters. The highest BCUT2D eigenvalue weighted by atomic mass is 16.4. The molecular weight excluding hydrogens is 242 g/mol. The van der Waals surface area contributed by atoms with Crippen molar-refractivity contribution in [1.82, 2.24) is 5.32 Å². The first-order chi connectivity index (χ1) is 8.36. The molecule has 6 N–H and O–H groups in total. The van der Waals surface area contributed by atoms with E-state index >= 15 is 0 Å². The second kappa shape index (κ2) is 8.18. The van der Waals surface area contributed by atoms with E-state index in [1.807, 2.05) is 0 Å². The topological polar surface area (TPSA) is 153 Å². The molecule has 0 aromatic rings. The lowest BCUT2D eigenvalue weighted by Gasteiger charge is -2.15. The van der Waals surface area contributed by atoms with Gasteiger partial charge in [-0.05, 0) is 12.8 Å². The lowest BCUT2D eigenvalue weighted by molar-refractivity contribution is -0.137. The van der Waals surface area contributed by atoms with Gasteiger partial charge >= 0.3 is 5.97 Å². The minimum atomic E-state index is -1.06. The molecule has 8 nitrogen and oxygen atoms in total. The number of carbonyl (C=O) groups is 4. The number of carboxylic acids is 1. The molecule has 0 aliphatic rings. The average Bonchev–Trinajstić information content (AvgIpc) is 2.30. The van der Waals surface area contributed by atoms with Gasteiger partial charge in [0.2, 0.25) is 11.8 Å². The fourth-order valence-corrected chi connectivity index (χ4v) is 1.17. The van der Waals surface area contributed by atoms with Crippen LogP contribution in [-0.2, 0) is 19.2 Å². The zero-order valence-corrected chi connectivity index (χ0v) is 9.80. The van der Waals surface area contributed by atoms with Gasteiger partial charge in [0.25, 0.3) is 0 Å². The van der Waals surface area contributed by atoms with Crippen LogP contribution in [0, 0.1) is 0 Å². The molecule has 0 rings (SSSR count). The van der Waals surface area contributed by atoms with Gasteiger partial charge in [-0.3, -0.25) is 14.4 Å². The van der Waals surface area contributed by atoms with Crippen LogP contribution < -0.4 is 16.8 Å². The van der Waals surface area contributed by atoms with Gasteiger partial charge in [0.15, 0.2) is 0 Å². The highest BCUT2D eigenvalue weighted by molar-refractivity contribution is 5.85. The Morgan fingerprint density at radius 2 is 1.83 bits per heavy atom.